The lowest BCUT2D eigenvalue weighted by Gasteiger charge is -2.10. The summed E-state index contributed by atoms with van der Waals surface area (Å²) in [5.74, 6) is 1.89. The highest BCUT2D eigenvalue weighted by molar-refractivity contribution is 7.99. The molecule has 1 N–H and O–H groups in total. The molecule has 134 valence electrons. The van der Waals surface area contributed by atoms with Crippen LogP contribution in [-0.2, 0) is 4.79 Å². The first-order valence-corrected chi connectivity index (χ1v) is 9.15. The van der Waals surface area contributed by atoms with Crippen LogP contribution in [-0.4, -0.2) is 42.1 Å². The van der Waals surface area contributed by atoms with E-state index < -0.39 is 0 Å². The molecule has 0 atom stereocenters. The topological polar surface area (TPSA) is 86.5 Å². The number of carbonyl (C=O) groups excluding carboxylic acids is 1. The molecule has 0 radical (unpaired) electrons. The number of amides is 1. The van der Waals surface area contributed by atoms with Crippen LogP contribution in [0.1, 0.15) is 25.7 Å². The third-order valence-corrected chi connectivity index (χ3v) is 4.87. The van der Waals surface area contributed by atoms with Crippen LogP contribution < -0.4 is 14.8 Å². The molecule has 25 heavy (non-hydrogen) atoms. The van der Waals surface area contributed by atoms with E-state index in [4.69, 9.17) is 13.9 Å². The fourth-order valence-electron chi connectivity index (χ4n) is 2.78. The molecule has 1 amide bonds. The molecule has 0 saturated heterocycles. The first kappa shape index (κ1) is 17.6. The van der Waals surface area contributed by atoms with Gasteiger partial charge in [-0.2, -0.15) is 0 Å². The van der Waals surface area contributed by atoms with E-state index in [1.54, 1.807) is 32.4 Å². The monoisotopic (exact) mass is 363 g/mol. The fourth-order valence-corrected chi connectivity index (χ4v) is 3.36. The van der Waals surface area contributed by atoms with Crippen LogP contribution in [0, 0.1) is 0 Å². The maximum Gasteiger partial charge on any atom is 0.277 e. The number of carbonyl (C=O) groups is 1. The Kier molecular flexibility index (Phi) is 5.80. The lowest BCUT2D eigenvalue weighted by atomic mass is 10.2. The summed E-state index contributed by atoms with van der Waals surface area (Å²) in [6, 6.07) is 5.66. The molecule has 1 heterocycles. The summed E-state index contributed by atoms with van der Waals surface area (Å²) in [7, 11) is 3.16. The van der Waals surface area contributed by atoms with Crippen LogP contribution in [0.25, 0.3) is 11.5 Å². The first-order chi connectivity index (χ1) is 12.2. The maximum atomic E-state index is 12.0. The second-order valence-corrected chi connectivity index (χ2v) is 6.74. The molecule has 1 aromatic heterocycles. The van der Waals surface area contributed by atoms with Gasteiger partial charge in [-0.1, -0.05) is 24.6 Å². The number of thioether (sulfide) groups is 1. The second kappa shape index (κ2) is 8.24. The third-order valence-electron chi connectivity index (χ3n) is 4.05. The molecule has 1 fully saturated rings. The summed E-state index contributed by atoms with van der Waals surface area (Å²) in [5, 5.41) is 11.4. The highest BCUT2D eigenvalue weighted by atomic mass is 32.2. The van der Waals surface area contributed by atoms with Gasteiger partial charge in [0.1, 0.15) is 11.5 Å². The summed E-state index contributed by atoms with van der Waals surface area (Å²) in [6.45, 7) is 0. The molecule has 0 spiro atoms. The predicted molar refractivity (Wildman–Crippen MR) is 94.0 cm³/mol. The van der Waals surface area contributed by atoms with Gasteiger partial charge in [-0.3, -0.25) is 4.79 Å². The zero-order valence-electron chi connectivity index (χ0n) is 14.3. The average Bonchev–Trinajstić information content (AvgIpc) is 3.31. The van der Waals surface area contributed by atoms with Gasteiger partial charge in [-0.05, 0) is 25.0 Å². The molecule has 0 bridgehead atoms. The minimum absolute atomic E-state index is 0.000278. The number of hydrogen-bond acceptors (Lipinski definition) is 7. The number of nitrogens with zero attached hydrogens (tertiary/aromatic N) is 2. The van der Waals surface area contributed by atoms with Crippen LogP contribution >= 0.6 is 11.8 Å². The Morgan fingerprint density at radius 3 is 2.52 bits per heavy atom. The molecule has 0 unspecified atom stereocenters. The Morgan fingerprint density at radius 2 is 1.88 bits per heavy atom. The normalized spacial score (nSPS) is 14.5. The Morgan fingerprint density at radius 1 is 1.20 bits per heavy atom. The highest BCUT2D eigenvalue weighted by Crippen LogP contribution is 2.30. The quantitative estimate of drug-likeness (QED) is 0.757. The molecule has 1 aliphatic carbocycles. The van der Waals surface area contributed by atoms with E-state index in [9.17, 15) is 4.79 Å². The zero-order valence-corrected chi connectivity index (χ0v) is 15.1. The van der Waals surface area contributed by atoms with Gasteiger partial charge in [0.25, 0.3) is 5.22 Å². The van der Waals surface area contributed by atoms with Gasteiger partial charge in [-0.25, -0.2) is 0 Å². The van der Waals surface area contributed by atoms with E-state index in [0.717, 1.165) is 12.8 Å². The lowest BCUT2D eigenvalue weighted by Crippen LogP contribution is -2.33. The number of hydrogen-bond donors (Lipinski definition) is 1. The van der Waals surface area contributed by atoms with E-state index in [-0.39, 0.29) is 11.7 Å². The minimum Gasteiger partial charge on any atom is -0.497 e. The molecule has 1 saturated carbocycles. The lowest BCUT2D eigenvalue weighted by molar-refractivity contribution is -0.119. The van der Waals surface area contributed by atoms with Crippen LogP contribution in [0.15, 0.2) is 27.8 Å². The fraction of sp³-hybridized carbons (Fsp3) is 0.471. The van der Waals surface area contributed by atoms with Crippen molar-refractivity contribution in [2.24, 2.45) is 0 Å². The van der Waals surface area contributed by atoms with Crippen molar-refractivity contribution >= 4 is 17.7 Å². The number of nitrogens with one attached hydrogen (secondary N) is 1. The van der Waals surface area contributed by atoms with E-state index in [0.29, 0.717) is 34.2 Å². The van der Waals surface area contributed by atoms with Gasteiger partial charge >= 0.3 is 0 Å². The number of rotatable bonds is 7. The van der Waals surface area contributed by atoms with Crippen molar-refractivity contribution in [2.45, 2.75) is 36.9 Å². The third kappa shape index (κ3) is 4.66. The largest absolute Gasteiger partial charge is 0.497 e. The van der Waals surface area contributed by atoms with Crippen molar-refractivity contribution in [2.75, 3.05) is 20.0 Å². The van der Waals surface area contributed by atoms with E-state index >= 15 is 0 Å². The summed E-state index contributed by atoms with van der Waals surface area (Å²) in [6.07, 6.45) is 4.52. The van der Waals surface area contributed by atoms with E-state index in [1.165, 1.54) is 24.6 Å². The number of methoxy groups -OCH3 is 2. The van der Waals surface area contributed by atoms with Crippen molar-refractivity contribution in [3.8, 4) is 23.0 Å². The number of ether oxygens (including phenoxy) is 2. The molecule has 0 aliphatic heterocycles. The highest BCUT2D eigenvalue weighted by Gasteiger charge is 2.18. The van der Waals surface area contributed by atoms with Gasteiger partial charge in [0.2, 0.25) is 11.8 Å². The SMILES string of the molecule is COc1cc(OC)cc(-c2nnc(SCC(=O)NC3CCCC3)o2)c1. The molecule has 2 aromatic rings. The van der Waals surface area contributed by atoms with Gasteiger partial charge in [0.15, 0.2) is 0 Å². The van der Waals surface area contributed by atoms with Gasteiger partial charge in [0.05, 0.1) is 20.0 Å². The summed E-state index contributed by atoms with van der Waals surface area (Å²) >= 11 is 1.23. The van der Waals surface area contributed by atoms with Crippen LogP contribution in [0.4, 0.5) is 0 Å². The minimum atomic E-state index is -0.000278. The van der Waals surface area contributed by atoms with Crippen molar-refractivity contribution in [1.82, 2.24) is 15.5 Å². The summed E-state index contributed by atoms with van der Waals surface area (Å²) < 4.78 is 16.1. The van der Waals surface area contributed by atoms with Crippen molar-refractivity contribution in [1.29, 1.82) is 0 Å². The molecule has 1 aliphatic rings. The zero-order chi connectivity index (χ0) is 17.6. The Bertz CT molecular complexity index is 706. The van der Waals surface area contributed by atoms with Crippen molar-refractivity contribution in [3.05, 3.63) is 18.2 Å². The average molecular weight is 363 g/mol. The van der Waals surface area contributed by atoms with Crippen molar-refractivity contribution < 1.29 is 18.7 Å². The Balaban J connectivity index is 1.61. The smallest absolute Gasteiger partial charge is 0.277 e. The Hall–Kier alpha value is -2.22. The van der Waals surface area contributed by atoms with Crippen LogP contribution in [0.2, 0.25) is 0 Å². The van der Waals surface area contributed by atoms with Crippen LogP contribution in [0.5, 0.6) is 11.5 Å². The summed E-state index contributed by atoms with van der Waals surface area (Å²) in [4.78, 5) is 12.0. The number of benzene rings is 1. The van der Waals surface area contributed by atoms with Crippen LogP contribution in [0.3, 0.4) is 0 Å². The molecular formula is C17H21N3O4S. The number of aromatic nitrogens is 2. The molecule has 3 rings (SSSR count). The van der Waals surface area contributed by atoms with Crippen molar-refractivity contribution in [3.63, 3.8) is 0 Å². The van der Waals surface area contributed by atoms with Gasteiger partial charge < -0.3 is 19.2 Å². The first-order valence-electron chi connectivity index (χ1n) is 8.17. The van der Waals surface area contributed by atoms with E-state index in [1.807, 2.05) is 0 Å². The van der Waals surface area contributed by atoms with Gasteiger partial charge in [-0.15, -0.1) is 10.2 Å². The maximum absolute atomic E-state index is 12.0. The van der Waals surface area contributed by atoms with Gasteiger partial charge in [0, 0.05) is 17.7 Å². The molecule has 7 nitrogen and oxygen atoms in total. The molecular weight excluding hydrogens is 342 g/mol. The molecule has 8 heteroatoms. The predicted octanol–water partition coefficient (Wildman–Crippen LogP) is 2.90. The molecule has 1 aromatic carbocycles. The Labute approximate surface area is 150 Å². The second-order valence-electron chi connectivity index (χ2n) is 5.81. The standard InChI is InChI=1S/C17H21N3O4S/c1-22-13-7-11(8-14(9-13)23-2)16-19-20-17(24-16)25-10-15(21)18-12-5-3-4-6-12/h7-9,12H,3-6,10H2,1-2H3,(H,18,21). The summed E-state index contributed by atoms with van der Waals surface area (Å²) in [5.41, 5.74) is 0.700. The van der Waals surface area contributed by atoms with E-state index in [2.05, 4.69) is 15.5 Å².